The number of carbonyl (C=O) groups is 2. The first-order valence-corrected chi connectivity index (χ1v) is 5.09. The highest BCUT2D eigenvalue weighted by atomic mass is 32.2. The third kappa shape index (κ3) is 2.12. The van der Waals surface area contributed by atoms with Gasteiger partial charge in [0.25, 0.3) is 0 Å². The molecule has 1 aliphatic rings. The van der Waals surface area contributed by atoms with Crippen molar-refractivity contribution in [3.8, 4) is 0 Å². The molecule has 4 heteroatoms. The van der Waals surface area contributed by atoms with Gasteiger partial charge in [-0.25, -0.2) is 0 Å². The third-order valence-electron chi connectivity index (χ3n) is 2.28. The molecule has 1 unspecified atom stereocenters. The van der Waals surface area contributed by atoms with E-state index >= 15 is 0 Å². The molecule has 0 aromatic carbocycles. The summed E-state index contributed by atoms with van der Waals surface area (Å²) < 4.78 is -0.488. The standard InChI is InChI=1S/C9H12O3S/c1-2-9(5-3-8(11)12)7(10)4-6-13-9/h4,6H,2-3,5H2,1H3,(H,11,12). The first-order chi connectivity index (χ1) is 6.10. The minimum atomic E-state index is -0.840. The van der Waals surface area contributed by atoms with Crippen molar-refractivity contribution in [2.45, 2.75) is 30.9 Å². The Morgan fingerprint density at radius 3 is 2.77 bits per heavy atom. The van der Waals surface area contributed by atoms with Crippen molar-refractivity contribution in [1.29, 1.82) is 0 Å². The molecule has 0 fully saturated rings. The maximum Gasteiger partial charge on any atom is 0.303 e. The van der Waals surface area contributed by atoms with Crippen molar-refractivity contribution in [2.75, 3.05) is 0 Å². The van der Waals surface area contributed by atoms with E-state index in [0.29, 0.717) is 12.8 Å². The lowest BCUT2D eigenvalue weighted by molar-refractivity contribution is -0.137. The zero-order valence-electron chi connectivity index (χ0n) is 7.45. The maximum atomic E-state index is 11.4. The molecule has 0 saturated carbocycles. The summed E-state index contributed by atoms with van der Waals surface area (Å²) in [5, 5.41) is 10.3. The van der Waals surface area contributed by atoms with E-state index in [4.69, 9.17) is 5.11 Å². The van der Waals surface area contributed by atoms with Crippen molar-refractivity contribution < 1.29 is 14.7 Å². The molecule has 0 radical (unpaired) electrons. The van der Waals surface area contributed by atoms with Gasteiger partial charge in [0.05, 0.1) is 4.75 Å². The fourth-order valence-electron chi connectivity index (χ4n) is 1.36. The van der Waals surface area contributed by atoms with Crippen LogP contribution in [0.25, 0.3) is 0 Å². The summed E-state index contributed by atoms with van der Waals surface area (Å²) in [7, 11) is 0. The lowest BCUT2D eigenvalue weighted by Gasteiger charge is -2.23. The summed E-state index contributed by atoms with van der Waals surface area (Å²) in [6.07, 6.45) is 2.72. The minimum absolute atomic E-state index is 0.0567. The molecule has 0 amide bonds. The molecule has 1 aliphatic heterocycles. The molecule has 1 N–H and O–H groups in total. The molecule has 0 saturated heterocycles. The van der Waals surface area contributed by atoms with Gasteiger partial charge in [-0.1, -0.05) is 6.92 Å². The number of aliphatic carboxylic acids is 1. The highest BCUT2D eigenvalue weighted by Crippen LogP contribution is 2.40. The minimum Gasteiger partial charge on any atom is -0.481 e. The lowest BCUT2D eigenvalue weighted by atomic mass is 9.94. The quantitative estimate of drug-likeness (QED) is 0.752. The van der Waals surface area contributed by atoms with Gasteiger partial charge < -0.3 is 5.11 Å². The molecule has 0 aromatic heterocycles. The van der Waals surface area contributed by atoms with Gasteiger partial charge in [-0.3, -0.25) is 9.59 Å². The monoisotopic (exact) mass is 200 g/mol. The van der Waals surface area contributed by atoms with E-state index < -0.39 is 10.7 Å². The fourth-order valence-corrected chi connectivity index (χ4v) is 2.38. The Bertz CT molecular complexity index is 260. The summed E-state index contributed by atoms with van der Waals surface area (Å²) in [6, 6.07) is 0. The van der Waals surface area contributed by atoms with Crippen LogP contribution in [0, 0.1) is 0 Å². The average molecular weight is 200 g/mol. The van der Waals surface area contributed by atoms with Crippen LogP contribution in [0.15, 0.2) is 11.5 Å². The van der Waals surface area contributed by atoms with Gasteiger partial charge in [-0.05, 0) is 24.3 Å². The second kappa shape index (κ2) is 3.96. The SMILES string of the molecule is CCC1(CCC(=O)O)SC=CC1=O. The molecule has 0 aromatic rings. The molecular formula is C9H12O3S. The zero-order valence-corrected chi connectivity index (χ0v) is 8.26. The summed E-state index contributed by atoms with van der Waals surface area (Å²) in [6.45, 7) is 1.92. The van der Waals surface area contributed by atoms with Gasteiger partial charge in [0, 0.05) is 6.42 Å². The Kier molecular flexibility index (Phi) is 3.14. The molecule has 0 aliphatic carbocycles. The van der Waals surface area contributed by atoms with Crippen LogP contribution in [0.3, 0.4) is 0 Å². The van der Waals surface area contributed by atoms with Gasteiger partial charge in [-0.2, -0.15) is 0 Å². The maximum absolute atomic E-state index is 11.4. The van der Waals surface area contributed by atoms with Gasteiger partial charge in [0.2, 0.25) is 0 Å². The molecule has 3 nitrogen and oxygen atoms in total. The number of rotatable bonds is 4. The number of allylic oxidation sites excluding steroid dienone is 1. The molecule has 0 spiro atoms. The second-order valence-corrected chi connectivity index (χ2v) is 4.32. The van der Waals surface area contributed by atoms with E-state index in [1.165, 1.54) is 17.8 Å². The molecule has 1 atom stereocenters. The van der Waals surface area contributed by atoms with E-state index in [9.17, 15) is 9.59 Å². The number of hydrogen-bond acceptors (Lipinski definition) is 3. The Hall–Kier alpha value is -0.770. The van der Waals surface area contributed by atoms with E-state index in [-0.39, 0.29) is 12.2 Å². The van der Waals surface area contributed by atoms with Crippen LogP contribution in [0.4, 0.5) is 0 Å². The Morgan fingerprint density at radius 1 is 1.69 bits per heavy atom. The Labute approximate surface area is 81.2 Å². The number of ketones is 1. The largest absolute Gasteiger partial charge is 0.481 e. The van der Waals surface area contributed by atoms with Crippen LogP contribution in [-0.2, 0) is 9.59 Å². The van der Waals surface area contributed by atoms with Gasteiger partial charge >= 0.3 is 5.97 Å². The van der Waals surface area contributed by atoms with Crippen LogP contribution < -0.4 is 0 Å². The molecule has 13 heavy (non-hydrogen) atoms. The van der Waals surface area contributed by atoms with E-state index in [1.54, 1.807) is 5.41 Å². The van der Waals surface area contributed by atoms with E-state index in [1.807, 2.05) is 6.92 Å². The lowest BCUT2D eigenvalue weighted by Crippen LogP contribution is -2.30. The van der Waals surface area contributed by atoms with Crippen LogP contribution >= 0.6 is 11.8 Å². The van der Waals surface area contributed by atoms with Crippen LogP contribution in [0.2, 0.25) is 0 Å². The number of thioether (sulfide) groups is 1. The van der Waals surface area contributed by atoms with Crippen molar-refractivity contribution in [3.63, 3.8) is 0 Å². The van der Waals surface area contributed by atoms with Crippen molar-refractivity contribution in [2.24, 2.45) is 0 Å². The zero-order chi connectivity index (χ0) is 9.90. The predicted molar refractivity (Wildman–Crippen MR) is 51.6 cm³/mol. The summed E-state index contributed by atoms with van der Waals surface area (Å²) in [4.78, 5) is 21.8. The number of hydrogen-bond donors (Lipinski definition) is 1. The highest BCUT2D eigenvalue weighted by Gasteiger charge is 2.38. The van der Waals surface area contributed by atoms with Crippen LogP contribution in [-0.4, -0.2) is 21.6 Å². The number of carboxylic acids is 1. The van der Waals surface area contributed by atoms with Gasteiger partial charge in [0.15, 0.2) is 5.78 Å². The highest BCUT2D eigenvalue weighted by molar-refractivity contribution is 8.04. The predicted octanol–water partition coefficient (Wildman–Crippen LogP) is 1.83. The first-order valence-electron chi connectivity index (χ1n) is 4.21. The average Bonchev–Trinajstić information content (AvgIpc) is 2.45. The first kappa shape index (κ1) is 10.3. The van der Waals surface area contributed by atoms with Crippen LogP contribution in [0.1, 0.15) is 26.2 Å². The summed E-state index contributed by atoms with van der Waals surface area (Å²) in [5.41, 5.74) is 0. The van der Waals surface area contributed by atoms with Crippen molar-refractivity contribution >= 4 is 23.5 Å². The van der Waals surface area contributed by atoms with E-state index in [0.717, 1.165) is 0 Å². The number of carboxylic acid groups (broad SMARTS) is 1. The van der Waals surface area contributed by atoms with Crippen LogP contribution in [0.5, 0.6) is 0 Å². The molecule has 1 rings (SSSR count). The smallest absolute Gasteiger partial charge is 0.303 e. The molecule has 0 bridgehead atoms. The fraction of sp³-hybridized carbons (Fsp3) is 0.556. The second-order valence-electron chi connectivity index (χ2n) is 3.03. The van der Waals surface area contributed by atoms with Crippen molar-refractivity contribution in [1.82, 2.24) is 0 Å². The van der Waals surface area contributed by atoms with E-state index in [2.05, 4.69) is 0 Å². The Morgan fingerprint density at radius 2 is 2.38 bits per heavy atom. The molecule has 72 valence electrons. The topological polar surface area (TPSA) is 54.4 Å². The normalized spacial score (nSPS) is 26.7. The summed E-state index contributed by atoms with van der Waals surface area (Å²) >= 11 is 1.45. The van der Waals surface area contributed by atoms with Crippen molar-refractivity contribution in [3.05, 3.63) is 11.5 Å². The number of carbonyl (C=O) groups excluding carboxylic acids is 1. The Balaban J connectivity index is 2.61. The van der Waals surface area contributed by atoms with Gasteiger partial charge in [0.1, 0.15) is 0 Å². The third-order valence-corrected chi connectivity index (χ3v) is 3.69. The molecule has 1 heterocycles. The summed E-state index contributed by atoms with van der Waals surface area (Å²) in [5.74, 6) is -0.783. The molecular weight excluding hydrogens is 188 g/mol. The van der Waals surface area contributed by atoms with Gasteiger partial charge in [-0.15, -0.1) is 11.8 Å².